The molecule has 1 unspecified atom stereocenters. The standard InChI is InChI=1S/C17H18Cl3N5O/c1-25(17-22-13-2-3-15(20)23-16(13)24-17)5-4-21-14(9-26)10-6-11(18)8-12(19)7-10/h2-3,6-8,14,21,26H,4-5,9H2,1H3,(H,22,23,24). The first-order valence-corrected chi connectivity index (χ1v) is 9.13. The maximum Gasteiger partial charge on any atom is 0.205 e. The minimum absolute atomic E-state index is 0.0621. The SMILES string of the molecule is CN(CCNC(CO)c1cc(Cl)cc(Cl)c1)c1nc2nc(Cl)ccc2[nH]1. The molecule has 3 N–H and O–H groups in total. The number of benzene rings is 1. The van der Waals surface area contributed by atoms with Crippen molar-refractivity contribution in [3.05, 3.63) is 51.1 Å². The van der Waals surface area contributed by atoms with Gasteiger partial charge >= 0.3 is 0 Å². The molecule has 0 radical (unpaired) electrons. The summed E-state index contributed by atoms with van der Waals surface area (Å²) < 4.78 is 0. The first-order chi connectivity index (χ1) is 12.5. The molecule has 26 heavy (non-hydrogen) atoms. The summed E-state index contributed by atoms with van der Waals surface area (Å²) in [6.07, 6.45) is 0. The molecule has 2 aromatic heterocycles. The average Bonchev–Trinajstić information content (AvgIpc) is 3.00. The van der Waals surface area contributed by atoms with Gasteiger partial charge in [0.1, 0.15) is 5.15 Å². The Morgan fingerprint density at radius 3 is 2.58 bits per heavy atom. The van der Waals surface area contributed by atoms with Crippen molar-refractivity contribution in [3.8, 4) is 0 Å². The third kappa shape index (κ3) is 4.58. The molecule has 6 nitrogen and oxygen atoms in total. The summed E-state index contributed by atoms with van der Waals surface area (Å²) in [5, 5.41) is 14.4. The maximum atomic E-state index is 9.66. The van der Waals surface area contributed by atoms with E-state index in [0.717, 1.165) is 11.1 Å². The molecule has 0 bridgehead atoms. The van der Waals surface area contributed by atoms with Crippen molar-refractivity contribution in [2.45, 2.75) is 6.04 Å². The Kier molecular flexibility index (Phi) is 6.21. The van der Waals surface area contributed by atoms with Crippen molar-refractivity contribution in [2.24, 2.45) is 0 Å². The number of aliphatic hydroxyl groups excluding tert-OH is 1. The number of rotatable bonds is 7. The minimum Gasteiger partial charge on any atom is -0.394 e. The number of likely N-dealkylation sites (N-methyl/N-ethyl adjacent to an activating group) is 1. The van der Waals surface area contributed by atoms with Crippen molar-refractivity contribution < 1.29 is 5.11 Å². The molecule has 0 saturated heterocycles. The summed E-state index contributed by atoms with van der Waals surface area (Å²) in [7, 11) is 1.92. The van der Waals surface area contributed by atoms with Crippen LogP contribution in [0, 0.1) is 0 Å². The summed E-state index contributed by atoms with van der Waals surface area (Å²) in [5.41, 5.74) is 2.25. The minimum atomic E-state index is -0.254. The summed E-state index contributed by atoms with van der Waals surface area (Å²) in [5.74, 6) is 0.697. The number of anilines is 1. The number of aromatic amines is 1. The number of hydrogen-bond donors (Lipinski definition) is 3. The van der Waals surface area contributed by atoms with Crippen molar-refractivity contribution in [1.29, 1.82) is 0 Å². The molecule has 0 saturated carbocycles. The Morgan fingerprint density at radius 2 is 1.88 bits per heavy atom. The van der Waals surface area contributed by atoms with Crippen LogP contribution in [0.25, 0.3) is 11.2 Å². The van der Waals surface area contributed by atoms with Gasteiger partial charge in [-0.2, -0.15) is 4.98 Å². The molecule has 1 atom stereocenters. The van der Waals surface area contributed by atoms with Gasteiger partial charge in [-0.25, -0.2) is 4.98 Å². The molecule has 9 heteroatoms. The third-order valence-electron chi connectivity index (χ3n) is 3.97. The van der Waals surface area contributed by atoms with Gasteiger partial charge in [0.05, 0.1) is 18.2 Å². The molecule has 3 aromatic rings. The van der Waals surface area contributed by atoms with E-state index in [-0.39, 0.29) is 12.6 Å². The van der Waals surface area contributed by atoms with Crippen molar-refractivity contribution in [1.82, 2.24) is 20.3 Å². The highest BCUT2D eigenvalue weighted by Crippen LogP contribution is 2.23. The topological polar surface area (TPSA) is 77.1 Å². The second-order valence-electron chi connectivity index (χ2n) is 5.88. The number of nitrogens with zero attached hydrogens (tertiary/aromatic N) is 3. The zero-order chi connectivity index (χ0) is 18.7. The zero-order valence-electron chi connectivity index (χ0n) is 14.0. The van der Waals surface area contributed by atoms with E-state index in [1.165, 1.54) is 0 Å². The highest BCUT2D eigenvalue weighted by Gasteiger charge is 2.13. The normalized spacial score (nSPS) is 12.5. The van der Waals surface area contributed by atoms with Gasteiger partial charge in [0, 0.05) is 30.2 Å². The molecule has 0 amide bonds. The molecule has 0 aliphatic rings. The highest BCUT2D eigenvalue weighted by atomic mass is 35.5. The number of aromatic nitrogens is 3. The highest BCUT2D eigenvalue weighted by molar-refractivity contribution is 6.34. The van der Waals surface area contributed by atoms with Gasteiger partial charge in [-0.3, -0.25) is 0 Å². The largest absolute Gasteiger partial charge is 0.394 e. The first kappa shape index (κ1) is 19.2. The van der Waals surface area contributed by atoms with Gasteiger partial charge in [0.25, 0.3) is 0 Å². The number of halogens is 3. The fraction of sp³-hybridized carbons (Fsp3) is 0.294. The summed E-state index contributed by atoms with van der Waals surface area (Å²) >= 11 is 18.0. The number of H-pyrrole nitrogens is 1. The molecule has 0 aliphatic heterocycles. The van der Waals surface area contributed by atoms with Gasteiger partial charge in [-0.1, -0.05) is 34.8 Å². The second kappa shape index (κ2) is 8.41. The van der Waals surface area contributed by atoms with Gasteiger partial charge in [-0.05, 0) is 35.9 Å². The van der Waals surface area contributed by atoms with E-state index in [0.29, 0.717) is 39.9 Å². The Labute approximate surface area is 166 Å². The van der Waals surface area contributed by atoms with Gasteiger partial charge in [0.15, 0.2) is 5.65 Å². The van der Waals surface area contributed by atoms with Gasteiger partial charge < -0.3 is 20.3 Å². The molecule has 138 valence electrons. The van der Waals surface area contributed by atoms with Crippen LogP contribution in [-0.2, 0) is 0 Å². The predicted octanol–water partition coefficient (Wildman–Crippen LogP) is 3.68. The van der Waals surface area contributed by atoms with Crippen LogP contribution in [0.2, 0.25) is 15.2 Å². The maximum absolute atomic E-state index is 9.66. The Balaban J connectivity index is 1.61. The van der Waals surface area contributed by atoms with Crippen LogP contribution >= 0.6 is 34.8 Å². The number of aliphatic hydroxyl groups is 1. The molecular formula is C17H18Cl3N5O. The summed E-state index contributed by atoms with van der Waals surface area (Å²) in [4.78, 5) is 13.8. The monoisotopic (exact) mass is 413 g/mol. The van der Waals surface area contributed by atoms with E-state index in [9.17, 15) is 5.11 Å². The van der Waals surface area contributed by atoms with Crippen LogP contribution in [0.3, 0.4) is 0 Å². The molecule has 2 heterocycles. The lowest BCUT2D eigenvalue weighted by Crippen LogP contribution is -2.33. The van der Waals surface area contributed by atoms with Crippen LogP contribution in [0.1, 0.15) is 11.6 Å². The van der Waals surface area contributed by atoms with Gasteiger partial charge in [0.2, 0.25) is 5.95 Å². The van der Waals surface area contributed by atoms with Crippen molar-refractivity contribution >= 4 is 51.9 Å². The molecule has 0 aliphatic carbocycles. The van der Waals surface area contributed by atoms with E-state index < -0.39 is 0 Å². The number of hydrogen-bond acceptors (Lipinski definition) is 5. The lowest BCUT2D eigenvalue weighted by atomic mass is 10.1. The summed E-state index contributed by atoms with van der Waals surface area (Å²) in [6.45, 7) is 1.23. The molecular weight excluding hydrogens is 397 g/mol. The quantitative estimate of drug-likeness (QED) is 0.514. The second-order valence-corrected chi connectivity index (χ2v) is 7.14. The van der Waals surface area contributed by atoms with Gasteiger partial charge in [-0.15, -0.1) is 0 Å². The molecule has 1 aromatic carbocycles. The van der Waals surface area contributed by atoms with E-state index in [1.54, 1.807) is 24.3 Å². The fourth-order valence-corrected chi connectivity index (χ4v) is 3.30. The van der Waals surface area contributed by atoms with Crippen molar-refractivity contribution in [3.63, 3.8) is 0 Å². The molecule has 3 rings (SSSR count). The van der Waals surface area contributed by atoms with Crippen LogP contribution in [0.4, 0.5) is 5.95 Å². The third-order valence-corrected chi connectivity index (χ3v) is 4.62. The van der Waals surface area contributed by atoms with Crippen LogP contribution < -0.4 is 10.2 Å². The predicted molar refractivity (Wildman–Crippen MR) is 106 cm³/mol. The number of nitrogens with one attached hydrogen (secondary N) is 2. The first-order valence-electron chi connectivity index (χ1n) is 8.00. The fourth-order valence-electron chi connectivity index (χ4n) is 2.61. The molecule has 0 spiro atoms. The molecule has 0 fully saturated rings. The van der Waals surface area contributed by atoms with Crippen molar-refractivity contribution in [2.75, 3.05) is 31.6 Å². The lowest BCUT2D eigenvalue weighted by molar-refractivity contribution is 0.245. The Hall–Kier alpha value is -1.57. The van der Waals surface area contributed by atoms with Crippen LogP contribution in [0.5, 0.6) is 0 Å². The van der Waals surface area contributed by atoms with E-state index in [1.807, 2.05) is 18.0 Å². The Bertz CT molecular complexity index is 881. The Morgan fingerprint density at radius 1 is 1.15 bits per heavy atom. The van der Waals surface area contributed by atoms with E-state index >= 15 is 0 Å². The smallest absolute Gasteiger partial charge is 0.205 e. The van der Waals surface area contributed by atoms with E-state index in [2.05, 4.69) is 20.3 Å². The number of fused-ring (bicyclic) bond motifs is 1. The summed E-state index contributed by atoms with van der Waals surface area (Å²) in [6, 6.07) is 8.55. The van der Waals surface area contributed by atoms with Crippen LogP contribution in [0.15, 0.2) is 30.3 Å². The number of imidazole rings is 1. The van der Waals surface area contributed by atoms with E-state index in [4.69, 9.17) is 34.8 Å². The van der Waals surface area contributed by atoms with Crippen LogP contribution in [-0.4, -0.2) is 46.8 Å². The lowest BCUT2D eigenvalue weighted by Gasteiger charge is -2.20. The number of pyridine rings is 1. The zero-order valence-corrected chi connectivity index (χ0v) is 16.3. The average molecular weight is 415 g/mol.